The molecule has 1 N–H and O–H groups in total. The molecule has 1 aliphatic rings. The number of hydrogen-bond donors (Lipinski definition) is 1. The molecule has 156 valence electrons. The number of nitrogens with one attached hydrogen (secondary N) is 1. The summed E-state index contributed by atoms with van der Waals surface area (Å²) in [5, 5.41) is 3.77. The largest absolute Gasteiger partial charge is 0.497 e. The monoisotopic (exact) mass is 426 g/mol. The second kappa shape index (κ2) is 9.21. The average Bonchev–Trinajstić information content (AvgIpc) is 3.24. The number of carbonyl (C=O) groups is 1. The fraction of sp³-hybridized carbons (Fsp3) is 0.318. The van der Waals surface area contributed by atoms with Gasteiger partial charge in [0.1, 0.15) is 17.4 Å². The van der Waals surface area contributed by atoms with Crippen molar-refractivity contribution >= 4 is 28.3 Å². The van der Waals surface area contributed by atoms with Crippen molar-refractivity contribution in [3.05, 3.63) is 65.7 Å². The van der Waals surface area contributed by atoms with Crippen LogP contribution in [0.4, 0.5) is 15.2 Å². The number of ether oxygens (including phenoxy) is 1. The zero-order valence-electron chi connectivity index (χ0n) is 16.7. The van der Waals surface area contributed by atoms with Gasteiger partial charge in [-0.1, -0.05) is 12.1 Å². The number of carbonyl (C=O) groups excluding carboxylic acids is 1. The lowest BCUT2D eigenvalue weighted by Gasteiger charge is -2.30. The van der Waals surface area contributed by atoms with Crippen LogP contribution in [-0.2, 0) is 11.2 Å². The molecule has 0 spiro atoms. The fourth-order valence-electron chi connectivity index (χ4n) is 3.52. The lowest BCUT2D eigenvalue weighted by molar-refractivity contribution is -0.120. The summed E-state index contributed by atoms with van der Waals surface area (Å²) in [5.41, 5.74) is 1.73. The molecule has 0 unspecified atom stereocenters. The van der Waals surface area contributed by atoms with Crippen molar-refractivity contribution in [2.45, 2.75) is 19.3 Å². The second-order valence-corrected chi connectivity index (χ2v) is 8.01. The smallest absolute Gasteiger partial charge is 0.227 e. The third kappa shape index (κ3) is 4.94. The molecule has 0 saturated carbocycles. The van der Waals surface area contributed by atoms with Crippen LogP contribution in [0.25, 0.3) is 0 Å². The Morgan fingerprint density at radius 3 is 2.73 bits per heavy atom. The van der Waals surface area contributed by atoms with Crippen LogP contribution in [-0.4, -0.2) is 35.5 Å². The molecule has 0 radical (unpaired) electrons. The molecule has 0 bridgehead atoms. The fourth-order valence-corrected chi connectivity index (χ4v) is 4.26. The molecule has 0 aliphatic carbocycles. The number of amides is 1. The van der Waals surface area contributed by atoms with Crippen molar-refractivity contribution in [2.24, 2.45) is 5.92 Å². The first-order chi connectivity index (χ1) is 14.6. The van der Waals surface area contributed by atoms with E-state index in [1.807, 2.05) is 24.3 Å². The van der Waals surface area contributed by atoms with Gasteiger partial charge in [-0.15, -0.1) is 0 Å². The maximum atomic E-state index is 13.0. The third-order valence-corrected chi connectivity index (χ3v) is 6.02. The van der Waals surface area contributed by atoms with E-state index in [0.29, 0.717) is 12.1 Å². The third-order valence-electron chi connectivity index (χ3n) is 5.20. The minimum Gasteiger partial charge on any atom is -0.497 e. The highest BCUT2D eigenvalue weighted by molar-refractivity contribution is 7.09. The standard InChI is InChI=1S/C22H23FN4O2S/c1-29-19-4-2-3-15(13-19)14-20-25-22(30-26-20)27-11-9-16(10-12-27)21(28)24-18-7-5-17(23)6-8-18/h2-8,13,16H,9-12,14H2,1H3,(H,24,28). The van der Waals surface area contributed by atoms with Crippen LogP contribution in [0.2, 0.25) is 0 Å². The zero-order chi connectivity index (χ0) is 20.9. The van der Waals surface area contributed by atoms with Gasteiger partial charge in [0.25, 0.3) is 0 Å². The molecule has 6 nitrogen and oxygen atoms in total. The van der Waals surface area contributed by atoms with Gasteiger partial charge in [0.05, 0.1) is 7.11 Å². The molecule has 1 aliphatic heterocycles. The first-order valence-electron chi connectivity index (χ1n) is 9.87. The van der Waals surface area contributed by atoms with E-state index >= 15 is 0 Å². The van der Waals surface area contributed by atoms with Gasteiger partial charge in [0, 0.05) is 42.6 Å². The van der Waals surface area contributed by atoms with Crippen LogP contribution in [0, 0.1) is 11.7 Å². The van der Waals surface area contributed by atoms with E-state index in [1.54, 1.807) is 19.2 Å². The van der Waals surface area contributed by atoms with Crippen LogP contribution in [0.15, 0.2) is 48.5 Å². The Bertz CT molecular complexity index is 1000. The van der Waals surface area contributed by atoms with E-state index in [-0.39, 0.29) is 17.6 Å². The van der Waals surface area contributed by atoms with Crippen molar-refractivity contribution in [1.29, 1.82) is 0 Å². The molecule has 8 heteroatoms. The van der Waals surface area contributed by atoms with Crippen LogP contribution in [0.1, 0.15) is 24.2 Å². The van der Waals surface area contributed by atoms with Crippen LogP contribution in [0.5, 0.6) is 5.75 Å². The van der Waals surface area contributed by atoms with E-state index in [1.165, 1.54) is 23.7 Å². The first kappa shape index (κ1) is 20.3. The highest BCUT2D eigenvalue weighted by Gasteiger charge is 2.26. The highest BCUT2D eigenvalue weighted by Crippen LogP contribution is 2.26. The summed E-state index contributed by atoms with van der Waals surface area (Å²) in [5.74, 6) is 1.22. The summed E-state index contributed by atoms with van der Waals surface area (Å²) >= 11 is 1.40. The van der Waals surface area contributed by atoms with Crippen molar-refractivity contribution < 1.29 is 13.9 Å². The summed E-state index contributed by atoms with van der Waals surface area (Å²) < 4.78 is 22.8. The maximum Gasteiger partial charge on any atom is 0.227 e. The van der Waals surface area contributed by atoms with Gasteiger partial charge in [0.15, 0.2) is 0 Å². The lowest BCUT2D eigenvalue weighted by atomic mass is 9.96. The Morgan fingerprint density at radius 2 is 2.00 bits per heavy atom. The molecule has 1 fully saturated rings. The number of methoxy groups -OCH3 is 1. The molecular weight excluding hydrogens is 403 g/mol. The average molecular weight is 427 g/mol. The van der Waals surface area contributed by atoms with Gasteiger partial charge in [0.2, 0.25) is 11.0 Å². The molecule has 4 rings (SSSR count). The van der Waals surface area contributed by atoms with E-state index < -0.39 is 0 Å². The van der Waals surface area contributed by atoms with Gasteiger partial charge >= 0.3 is 0 Å². The Kier molecular flexibility index (Phi) is 6.23. The van der Waals surface area contributed by atoms with Crippen molar-refractivity contribution in [1.82, 2.24) is 9.36 Å². The van der Waals surface area contributed by atoms with Gasteiger partial charge in [-0.2, -0.15) is 4.37 Å². The quantitative estimate of drug-likeness (QED) is 0.642. The SMILES string of the molecule is COc1cccc(Cc2nsc(N3CCC(C(=O)Nc4ccc(F)cc4)CC3)n2)c1. The lowest BCUT2D eigenvalue weighted by Crippen LogP contribution is -2.38. The summed E-state index contributed by atoms with van der Waals surface area (Å²) in [4.78, 5) is 19.4. The number of halogens is 1. The Morgan fingerprint density at radius 1 is 1.23 bits per heavy atom. The predicted octanol–water partition coefficient (Wildman–Crippen LogP) is 4.13. The number of rotatable bonds is 6. The molecule has 1 amide bonds. The maximum absolute atomic E-state index is 13.0. The zero-order valence-corrected chi connectivity index (χ0v) is 17.5. The van der Waals surface area contributed by atoms with Crippen molar-refractivity contribution in [3.8, 4) is 5.75 Å². The molecular formula is C22H23FN4O2S. The van der Waals surface area contributed by atoms with Crippen molar-refractivity contribution in [3.63, 3.8) is 0 Å². The van der Waals surface area contributed by atoms with E-state index in [2.05, 4.69) is 19.6 Å². The normalized spacial score (nSPS) is 14.5. The number of aromatic nitrogens is 2. The van der Waals surface area contributed by atoms with Crippen LogP contribution >= 0.6 is 11.5 Å². The van der Waals surface area contributed by atoms with Gasteiger partial charge in [-0.25, -0.2) is 9.37 Å². The van der Waals surface area contributed by atoms with Gasteiger partial charge < -0.3 is 15.0 Å². The van der Waals surface area contributed by atoms with E-state index in [0.717, 1.165) is 48.2 Å². The van der Waals surface area contributed by atoms with Gasteiger partial charge in [-0.05, 0) is 54.8 Å². The predicted molar refractivity (Wildman–Crippen MR) is 116 cm³/mol. The Balaban J connectivity index is 1.31. The number of piperidine rings is 1. The molecule has 1 saturated heterocycles. The Hall–Kier alpha value is -3.00. The number of nitrogens with zero attached hydrogens (tertiary/aromatic N) is 3. The topological polar surface area (TPSA) is 67.3 Å². The number of hydrogen-bond acceptors (Lipinski definition) is 6. The number of anilines is 2. The molecule has 2 heterocycles. The molecule has 2 aromatic carbocycles. The summed E-state index contributed by atoms with van der Waals surface area (Å²) in [6.45, 7) is 1.52. The second-order valence-electron chi connectivity index (χ2n) is 7.28. The highest BCUT2D eigenvalue weighted by atomic mass is 32.1. The molecule has 3 aromatic rings. The summed E-state index contributed by atoms with van der Waals surface area (Å²) in [7, 11) is 1.65. The van der Waals surface area contributed by atoms with Crippen LogP contribution < -0.4 is 15.0 Å². The summed E-state index contributed by atoms with van der Waals surface area (Å²) in [6, 6.07) is 13.7. The number of benzene rings is 2. The first-order valence-corrected chi connectivity index (χ1v) is 10.6. The molecule has 0 atom stereocenters. The molecule has 1 aromatic heterocycles. The summed E-state index contributed by atoms with van der Waals surface area (Å²) in [6.07, 6.45) is 2.15. The van der Waals surface area contributed by atoms with E-state index in [4.69, 9.17) is 4.74 Å². The minimum atomic E-state index is -0.316. The van der Waals surface area contributed by atoms with Gasteiger partial charge in [-0.3, -0.25) is 4.79 Å². The molecule has 30 heavy (non-hydrogen) atoms. The Labute approximate surface area is 178 Å². The van der Waals surface area contributed by atoms with Crippen LogP contribution in [0.3, 0.4) is 0 Å². The van der Waals surface area contributed by atoms with E-state index in [9.17, 15) is 9.18 Å². The van der Waals surface area contributed by atoms with Crippen molar-refractivity contribution in [2.75, 3.05) is 30.4 Å². The minimum absolute atomic E-state index is 0.0164.